The summed E-state index contributed by atoms with van der Waals surface area (Å²) in [7, 11) is 1.40. The first kappa shape index (κ1) is 18.1. The van der Waals surface area contributed by atoms with Crippen LogP contribution in [0.25, 0.3) is 0 Å². The van der Waals surface area contributed by atoms with Gasteiger partial charge in [0.1, 0.15) is 5.75 Å². The van der Waals surface area contributed by atoms with Crippen molar-refractivity contribution in [2.75, 3.05) is 33.3 Å². The van der Waals surface area contributed by atoms with Crippen LogP contribution in [-0.2, 0) is 6.18 Å². The number of halogens is 3. The molecule has 1 atom stereocenters. The number of hydrogen-bond acceptors (Lipinski definition) is 3. The molecule has 1 aromatic carbocycles. The van der Waals surface area contributed by atoms with E-state index in [0.717, 1.165) is 38.7 Å². The molecule has 0 spiro atoms. The number of methoxy groups -OCH3 is 1. The van der Waals surface area contributed by atoms with Crippen LogP contribution in [0.15, 0.2) is 18.2 Å². The van der Waals surface area contributed by atoms with Gasteiger partial charge in [-0.1, -0.05) is 13.8 Å². The standard InChI is InChI=1S/C17H25F3N2O/c1-12(2)8-16(22-6-4-21-5-7-22)13-9-14(17(18,19)20)11-15(10-13)23-3/h9-12,16,21H,4-8H2,1-3H3/t16-/m1/s1. The Morgan fingerprint density at radius 1 is 1.17 bits per heavy atom. The van der Waals surface area contributed by atoms with Gasteiger partial charge in [0, 0.05) is 32.2 Å². The molecule has 1 aliphatic rings. The van der Waals surface area contributed by atoms with Crippen molar-refractivity contribution in [3.63, 3.8) is 0 Å². The summed E-state index contributed by atoms with van der Waals surface area (Å²) in [4.78, 5) is 2.27. The van der Waals surface area contributed by atoms with Crippen LogP contribution < -0.4 is 10.1 Å². The highest BCUT2D eigenvalue weighted by atomic mass is 19.4. The number of alkyl halides is 3. The fraction of sp³-hybridized carbons (Fsp3) is 0.647. The molecule has 1 heterocycles. The van der Waals surface area contributed by atoms with E-state index in [-0.39, 0.29) is 11.8 Å². The lowest BCUT2D eigenvalue weighted by Crippen LogP contribution is -2.45. The van der Waals surface area contributed by atoms with Gasteiger partial charge in [-0.3, -0.25) is 4.90 Å². The second-order valence-electron chi connectivity index (χ2n) is 6.42. The second-order valence-corrected chi connectivity index (χ2v) is 6.42. The summed E-state index contributed by atoms with van der Waals surface area (Å²) in [5.74, 6) is 0.661. The van der Waals surface area contributed by atoms with Crippen LogP contribution in [0.1, 0.15) is 37.4 Å². The molecule has 3 nitrogen and oxygen atoms in total. The van der Waals surface area contributed by atoms with Gasteiger partial charge in [0.25, 0.3) is 0 Å². The molecule has 0 bridgehead atoms. The molecule has 0 unspecified atom stereocenters. The Balaban J connectivity index is 2.39. The Morgan fingerprint density at radius 3 is 2.35 bits per heavy atom. The van der Waals surface area contributed by atoms with Crippen molar-refractivity contribution in [2.24, 2.45) is 5.92 Å². The number of nitrogens with one attached hydrogen (secondary N) is 1. The largest absolute Gasteiger partial charge is 0.497 e. The summed E-state index contributed by atoms with van der Waals surface area (Å²) < 4.78 is 44.6. The Bertz CT molecular complexity index is 511. The first-order chi connectivity index (χ1) is 10.8. The summed E-state index contributed by atoms with van der Waals surface area (Å²) >= 11 is 0. The van der Waals surface area contributed by atoms with E-state index in [1.807, 2.05) is 0 Å². The van der Waals surface area contributed by atoms with Crippen molar-refractivity contribution in [3.05, 3.63) is 29.3 Å². The van der Waals surface area contributed by atoms with Crippen LogP contribution in [0.5, 0.6) is 5.75 Å². The average molecular weight is 330 g/mol. The lowest BCUT2D eigenvalue weighted by molar-refractivity contribution is -0.137. The van der Waals surface area contributed by atoms with Gasteiger partial charge in [0.2, 0.25) is 0 Å². The summed E-state index contributed by atoms with van der Waals surface area (Å²) in [6, 6.07) is 4.06. The second kappa shape index (κ2) is 7.53. The summed E-state index contributed by atoms with van der Waals surface area (Å²) in [5, 5.41) is 3.29. The number of ether oxygens (including phenoxy) is 1. The van der Waals surface area contributed by atoms with Gasteiger partial charge in [0.15, 0.2) is 0 Å². The molecule has 1 saturated heterocycles. The van der Waals surface area contributed by atoms with E-state index in [2.05, 4.69) is 24.1 Å². The number of rotatable bonds is 5. The zero-order valence-corrected chi connectivity index (χ0v) is 13.9. The van der Waals surface area contributed by atoms with E-state index in [0.29, 0.717) is 11.5 Å². The molecule has 6 heteroatoms. The number of nitrogens with zero attached hydrogens (tertiary/aromatic N) is 1. The minimum atomic E-state index is -4.37. The molecule has 0 saturated carbocycles. The molecule has 0 aliphatic carbocycles. The third-order valence-corrected chi connectivity index (χ3v) is 4.16. The first-order valence-electron chi connectivity index (χ1n) is 8.02. The average Bonchev–Trinajstić information content (AvgIpc) is 2.52. The minimum Gasteiger partial charge on any atom is -0.497 e. The van der Waals surface area contributed by atoms with E-state index in [1.54, 1.807) is 6.07 Å². The fourth-order valence-corrected chi connectivity index (χ4v) is 3.03. The van der Waals surface area contributed by atoms with Gasteiger partial charge in [-0.25, -0.2) is 0 Å². The minimum absolute atomic E-state index is 0.0201. The van der Waals surface area contributed by atoms with Crippen LogP contribution in [0, 0.1) is 5.92 Å². The van der Waals surface area contributed by atoms with Crippen LogP contribution in [-0.4, -0.2) is 38.2 Å². The van der Waals surface area contributed by atoms with Crippen LogP contribution in [0.3, 0.4) is 0 Å². The molecule has 0 amide bonds. The van der Waals surface area contributed by atoms with Gasteiger partial charge >= 0.3 is 6.18 Å². The zero-order valence-electron chi connectivity index (χ0n) is 13.9. The van der Waals surface area contributed by atoms with E-state index >= 15 is 0 Å². The molecule has 2 rings (SSSR count). The summed E-state index contributed by atoms with van der Waals surface area (Å²) in [6.07, 6.45) is -3.54. The van der Waals surface area contributed by atoms with Gasteiger partial charge in [-0.2, -0.15) is 13.2 Å². The van der Waals surface area contributed by atoms with E-state index < -0.39 is 11.7 Å². The molecule has 0 aromatic heterocycles. The van der Waals surface area contributed by atoms with Crippen LogP contribution >= 0.6 is 0 Å². The number of piperazine rings is 1. The summed E-state index contributed by atoms with van der Waals surface area (Å²) in [6.45, 7) is 7.61. The highest BCUT2D eigenvalue weighted by molar-refractivity contribution is 5.37. The topological polar surface area (TPSA) is 24.5 Å². The molecule has 23 heavy (non-hydrogen) atoms. The summed E-state index contributed by atoms with van der Waals surface area (Å²) in [5.41, 5.74) is 0.0445. The first-order valence-corrected chi connectivity index (χ1v) is 8.02. The molecule has 0 radical (unpaired) electrons. The maximum Gasteiger partial charge on any atom is 0.416 e. The Labute approximate surface area is 135 Å². The molecule has 1 aliphatic heterocycles. The molecule has 1 fully saturated rings. The smallest absolute Gasteiger partial charge is 0.416 e. The number of hydrogen-bond donors (Lipinski definition) is 1. The van der Waals surface area contributed by atoms with E-state index in [9.17, 15) is 13.2 Å². The van der Waals surface area contributed by atoms with Gasteiger partial charge in [0.05, 0.1) is 12.7 Å². The Kier molecular flexibility index (Phi) is 5.92. The van der Waals surface area contributed by atoms with Gasteiger partial charge < -0.3 is 10.1 Å². The maximum atomic E-state index is 13.2. The monoisotopic (exact) mass is 330 g/mol. The third kappa shape index (κ3) is 4.85. The quantitative estimate of drug-likeness (QED) is 0.891. The van der Waals surface area contributed by atoms with Crippen molar-refractivity contribution in [1.29, 1.82) is 0 Å². The fourth-order valence-electron chi connectivity index (χ4n) is 3.03. The van der Waals surface area contributed by atoms with Crippen LogP contribution in [0.2, 0.25) is 0 Å². The maximum absolute atomic E-state index is 13.2. The van der Waals surface area contributed by atoms with Gasteiger partial charge in [-0.05, 0) is 36.1 Å². The van der Waals surface area contributed by atoms with Crippen molar-refractivity contribution >= 4 is 0 Å². The Morgan fingerprint density at radius 2 is 1.83 bits per heavy atom. The van der Waals surface area contributed by atoms with Gasteiger partial charge in [-0.15, -0.1) is 0 Å². The van der Waals surface area contributed by atoms with Crippen molar-refractivity contribution in [3.8, 4) is 5.75 Å². The number of benzene rings is 1. The molecule has 1 N–H and O–H groups in total. The highest BCUT2D eigenvalue weighted by Gasteiger charge is 2.33. The predicted molar refractivity (Wildman–Crippen MR) is 84.6 cm³/mol. The molecule has 130 valence electrons. The molecule has 1 aromatic rings. The van der Waals surface area contributed by atoms with Crippen molar-refractivity contribution in [2.45, 2.75) is 32.5 Å². The third-order valence-electron chi connectivity index (χ3n) is 4.16. The molecular formula is C17H25F3N2O. The highest BCUT2D eigenvalue weighted by Crippen LogP contribution is 2.37. The van der Waals surface area contributed by atoms with Crippen molar-refractivity contribution in [1.82, 2.24) is 10.2 Å². The van der Waals surface area contributed by atoms with Crippen molar-refractivity contribution < 1.29 is 17.9 Å². The Hall–Kier alpha value is -1.27. The molecular weight excluding hydrogens is 305 g/mol. The normalized spacial score (nSPS) is 18.2. The van der Waals surface area contributed by atoms with E-state index in [1.165, 1.54) is 13.2 Å². The van der Waals surface area contributed by atoms with Crippen LogP contribution in [0.4, 0.5) is 13.2 Å². The SMILES string of the molecule is COc1cc([C@@H](CC(C)C)N2CCNCC2)cc(C(F)(F)F)c1. The lowest BCUT2D eigenvalue weighted by atomic mass is 9.93. The predicted octanol–water partition coefficient (Wildman–Crippen LogP) is 3.71. The lowest BCUT2D eigenvalue weighted by Gasteiger charge is -2.36. The van der Waals surface area contributed by atoms with E-state index in [4.69, 9.17) is 4.74 Å². The zero-order chi connectivity index (χ0) is 17.0.